The first-order chi connectivity index (χ1) is 6.38. The Morgan fingerprint density at radius 2 is 1.50 bits per heavy atom. The molecule has 0 atom stereocenters. The van der Waals surface area contributed by atoms with Gasteiger partial charge in [0.2, 0.25) is 0 Å². The first-order valence-corrected chi connectivity index (χ1v) is 6.11. The van der Waals surface area contributed by atoms with Crippen LogP contribution in [0, 0.1) is 0 Å². The molecule has 0 aliphatic heterocycles. The Morgan fingerprint density at radius 1 is 1.00 bits per heavy atom. The average Bonchev–Trinajstić information content (AvgIpc) is 2.19. The third-order valence-corrected chi connectivity index (χ3v) is 4.25. The third kappa shape index (κ3) is 3.94. The van der Waals surface area contributed by atoms with Gasteiger partial charge >= 0.3 is 0 Å². The second-order valence-corrected chi connectivity index (χ2v) is 5.14. The van der Waals surface area contributed by atoms with Crippen LogP contribution in [0.5, 0.6) is 0 Å². The summed E-state index contributed by atoms with van der Waals surface area (Å²) < 4.78 is 0. The van der Waals surface area contributed by atoms with Crippen LogP contribution in [0.2, 0.25) is 0 Å². The van der Waals surface area contributed by atoms with Crippen molar-refractivity contribution in [3.8, 4) is 0 Å². The predicted molar refractivity (Wildman–Crippen MR) is 68.9 cm³/mol. The van der Waals surface area contributed by atoms with Crippen molar-refractivity contribution in [3.05, 3.63) is 55.6 Å². The van der Waals surface area contributed by atoms with Crippen LogP contribution in [0.4, 0.5) is 0 Å². The highest BCUT2D eigenvalue weighted by Crippen LogP contribution is 2.33. The monoisotopic (exact) mass is 201 g/mol. The maximum absolute atomic E-state index is 3.79. The van der Waals surface area contributed by atoms with Gasteiger partial charge in [-0.05, 0) is 17.6 Å². The fraction of sp³-hybridized carbons (Fsp3) is 0.167. The van der Waals surface area contributed by atoms with Crippen LogP contribution in [-0.4, -0.2) is 20.7 Å². The lowest BCUT2D eigenvalue weighted by atomic mass is 10.4. The molecule has 0 N–H and O–H groups in total. The normalized spacial score (nSPS) is 9.21. The van der Waals surface area contributed by atoms with E-state index in [1.165, 1.54) is 5.30 Å². The molecule has 0 fully saturated rings. The molecule has 3 radical (unpaired) electrons. The lowest BCUT2D eigenvalue weighted by Gasteiger charge is -2.13. The van der Waals surface area contributed by atoms with Crippen molar-refractivity contribution in [2.75, 3.05) is 12.3 Å². The molecule has 0 aliphatic rings. The molecule has 14 heavy (non-hydrogen) atoms. The Bertz CT molecular complexity index is 259. The molecule has 0 aliphatic carbocycles. The lowest BCUT2D eigenvalue weighted by Crippen LogP contribution is -2.03. The molecule has 0 unspecified atom stereocenters. The van der Waals surface area contributed by atoms with E-state index in [0.29, 0.717) is 0 Å². The van der Waals surface area contributed by atoms with Gasteiger partial charge in [-0.25, -0.2) is 0 Å². The highest BCUT2D eigenvalue weighted by molar-refractivity contribution is 7.65. The van der Waals surface area contributed by atoms with E-state index in [9.17, 15) is 0 Å². The van der Waals surface area contributed by atoms with Crippen LogP contribution in [0.1, 0.15) is 0 Å². The maximum Gasteiger partial charge on any atom is 0 e. The second-order valence-electron chi connectivity index (χ2n) is 2.82. The summed E-state index contributed by atoms with van der Waals surface area (Å²) >= 11 is 0. The standard InChI is InChI=1S/C12H15P.B/c1-3-10-13(11-4-2)12-8-6-5-7-9-12;/h3-9H,1-2,10-11H2;. The quantitative estimate of drug-likeness (QED) is 0.390. The largest absolute Gasteiger partial charge is 0.103 e. The van der Waals surface area contributed by atoms with E-state index in [1.807, 2.05) is 12.2 Å². The van der Waals surface area contributed by atoms with Gasteiger partial charge in [-0.3, -0.25) is 0 Å². The summed E-state index contributed by atoms with van der Waals surface area (Å²) in [6, 6.07) is 10.6. The SMILES string of the molecule is C=CCP(CC=C)c1ccccc1.[B]. The van der Waals surface area contributed by atoms with Crippen molar-refractivity contribution < 1.29 is 0 Å². The van der Waals surface area contributed by atoms with Crippen molar-refractivity contribution in [2.24, 2.45) is 0 Å². The Labute approximate surface area is 90.1 Å². The number of rotatable bonds is 5. The van der Waals surface area contributed by atoms with E-state index in [4.69, 9.17) is 0 Å². The van der Waals surface area contributed by atoms with Crippen LogP contribution in [-0.2, 0) is 0 Å². The topological polar surface area (TPSA) is 0 Å². The molecule has 0 nitrogen and oxygen atoms in total. The predicted octanol–water partition coefficient (Wildman–Crippen LogP) is 2.79. The zero-order valence-electron chi connectivity index (χ0n) is 8.39. The summed E-state index contributed by atoms with van der Waals surface area (Å²) in [5.74, 6) is 0. The van der Waals surface area contributed by atoms with E-state index < -0.39 is 0 Å². The molecular weight excluding hydrogens is 186 g/mol. The summed E-state index contributed by atoms with van der Waals surface area (Å²) in [6.45, 7) is 7.58. The molecule has 0 bridgehead atoms. The summed E-state index contributed by atoms with van der Waals surface area (Å²) in [6.07, 6.45) is 6.18. The molecule has 2 heteroatoms. The van der Waals surface area contributed by atoms with Crippen molar-refractivity contribution in [3.63, 3.8) is 0 Å². The van der Waals surface area contributed by atoms with E-state index in [2.05, 4.69) is 43.5 Å². The molecule has 1 rings (SSSR count). The first-order valence-electron chi connectivity index (χ1n) is 4.40. The number of hydrogen-bond acceptors (Lipinski definition) is 0. The molecule has 0 aromatic heterocycles. The first kappa shape index (κ1) is 13.2. The Hall–Kier alpha value is -0.805. The van der Waals surface area contributed by atoms with E-state index >= 15 is 0 Å². The van der Waals surface area contributed by atoms with E-state index in [-0.39, 0.29) is 16.3 Å². The highest BCUT2D eigenvalue weighted by Gasteiger charge is 2.05. The van der Waals surface area contributed by atoms with E-state index in [1.54, 1.807) is 0 Å². The minimum absolute atomic E-state index is 0. The Balaban J connectivity index is 0.00000169. The van der Waals surface area contributed by atoms with Gasteiger partial charge in [0.1, 0.15) is 0 Å². The van der Waals surface area contributed by atoms with Crippen molar-refractivity contribution in [1.82, 2.24) is 0 Å². The summed E-state index contributed by atoms with van der Waals surface area (Å²) in [4.78, 5) is 0. The number of benzene rings is 1. The minimum Gasteiger partial charge on any atom is -0.103 e. The fourth-order valence-corrected chi connectivity index (χ4v) is 3.02. The van der Waals surface area contributed by atoms with E-state index in [0.717, 1.165) is 12.3 Å². The van der Waals surface area contributed by atoms with Crippen LogP contribution >= 0.6 is 7.92 Å². The van der Waals surface area contributed by atoms with Gasteiger partial charge in [0.25, 0.3) is 0 Å². The number of hydrogen-bond donors (Lipinski definition) is 0. The highest BCUT2D eigenvalue weighted by atomic mass is 31.1. The summed E-state index contributed by atoms with van der Waals surface area (Å²) in [7, 11) is -0.0921. The van der Waals surface area contributed by atoms with Crippen LogP contribution in [0.15, 0.2) is 55.6 Å². The van der Waals surface area contributed by atoms with Gasteiger partial charge in [-0.15, -0.1) is 13.2 Å². The lowest BCUT2D eigenvalue weighted by molar-refractivity contribution is 1.66. The molecular formula is C12H15BP. The Kier molecular flexibility index (Phi) is 7.15. The third-order valence-electron chi connectivity index (χ3n) is 1.82. The molecule has 1 aromatic carbocycles. The van der Waals surface area contributed by atoms with Gasteiger partial charge in [-0.1, -0.05) is 50.4 Å². The molecule has 0 amide bonds. The van der Waals surface area contributed by atoms with Gasteiger partial charge < -0.3 is 0 Å². The van der Waals surface area contributed by atoms with Crippen molar-refractivity contribution >= 4 is 21.6 Å². The maximum atomic E-state index is 3.79. The van der Waals surface area contributed by atoms with Crippen LogP contribution in [0.3, 0.4) is 0 Å². The van der Waals surface area contributed by atoms with Crippen LogP contribution < -0.4 is 5.30 Å². The zero-order valence-corrected chi connectivity index (χ0v) is 9.29. The summed E-state index contributed by atoms with van der Waals surface area (Å²) in [5, 5.41) is 1.44. The van der Waals surface area contributed by atoms with Crippen molar-refractivity contribution in [2.45, 2.75) is 0 Å². The van der Waals surface area contributed by atoms with Crippen LogP contribution in [0.25, 0.3) is 0 Å². The second kappa shape index (κ2) is 7.59. The molecule has 0 saturated carbocycles. The molecule has 0 spiro atoms. The fourth-order valence-electron chi connectivity index (χ4n) is 1.24. The number of allylic oxidation sites excluding steroid dienone is 2. The van der Waals surface area contributed by atoms with Gasteiger partial charge in [0.05, 0.1) is 0 Å². The molecule has 0 heterocycles. The molecule has 0 saturated heterocycles. The minimum atomic E-state index is -0.0921. The van der Waals surface area contributed by atoms with Gasteiger partial charge in [0.15, 0.2) is 0 Å². The van der Waals surface area contributed by atoms with Gasteiger partial charge in [-0.2, -0.15) is 0 Å². The zero-order chi connectivity index (χ0) is 9.52. The van der Waals surface area contributed by atoms with Gasteiger partial charge in [0, 0.05) is 8.41 Å². The smallest absolute Gasteiger partial charge is 0 e. The molecule has 1 aromatic rings. The van der Waals surface area contributed by atoms with Crippen molar-refractivity contribution in [1.29, 1.82) is 0 Å². The molecule has 71 valence electrons. The average molecular weight is 201 g/mol. The Morgan fingerprint density at radius 3 is 1.93 bits per heavy atom. The summed E-state index contributed by atoms with van der Waals surface area (Å²) in [5.41, 5.74) is 0.